The van der Waals surface area contributed by atoms with E-state index in [9.17, 15) is 0 Å². The second kappa shape index (κ2) is 11.0. The molecule has 0 saturated heterocycles. The van der Waals surface area contributed by atoms with Crippen LogP contribution in [0.4, 0.5) is 0 Å². The fraction of sp³-hybridized carbons (Fsp3) is 0.579. The minimum Gasteiger partial charge on any atom is -0.468 e. The van der Waals surface area contributed by atoms with E-state index in [0.29, 0.717) is 6.54 Å². The van der Waals surface area contributed by atoms with Gasteiger partial charge in [0.1, 0.15) is 5.76 Å². The fourth-order valence-electron chi connectivity index (χ4n) is 2.88. The van der Waals surface area contributed by atoms with Crippen LogP contribution in [0.3, 0.4) is 0 Å². The summed E-state index contributed by atoms with van der Waals surface area (Å²) in [6.07, 6.45) is 2.63. The maximum absolute atomic E-state index is 5.65. The Hall–Kier alpha value is -1.86. The largest absolute Gasteiger partial charge is 0.468 e. The number of furan rings is 1. The number of aromatic nitrogens is 1. The molecule has 1 atom stereocenters. The van der Waals surface area contributed by atoms with E-state index in [-0.39, 0.29) is 6.04 Å². The Labute approximate surface area is 160 Å². The molecule has 1 unspecified atom stereocenters. The Balaban J connectivity index is 1.98. The number of thiazole rings is 1. The number of guanidine groups is 1. The molecular formula is C19H31N5OS. The molecule has 0 aliphatic carbocycles. The van der Waals surface area contributed by atoms with E-state index in [1.165, 1.54) is 0 Å². The lowest BCUT2D eigenvalue weighted by Gasteiger charge is -2.27. The third kappa shape index (κ3) is 6.14. The monoisotopic (exact) mass is 377 g/mol. The number of nitrogens with zero attached hydrogens (tertiary/aromatic N) is 3. The van der Waals surface area contributed by atoms with E-state index in [1.807, 2.05) is 19.1 Å². The molecule has 0 radical (unpaired) electrons. The van der Waals surface area contributed by atoms with Gasteiger partial charge in [-0.05, 0) is 39.1 Å². The highest BCUT2D eigenvalue weighted by Gasteiger charge is 2.20. The zero-order valence-electron chi connectivity index (χ0n) is 16.3. The summed E-state index contributed by atoms with van der Waals surface area (Å²) >= 11 is 1.69. The van der Waals surface area contributed by atoms with E-state index in [1.54, 1.807) is 17.6 Å². The fourth-order valence-corrected chi connectivity index (χ4v) is 3.53. The average Bonchev–Trinajstić information content (AvgIpc) is 3.30. The lowest BCUT2D eigenvalue weighted by Crippen LogP contribution is -2.39. The molecule has 144 valence electrons. The molecule has 0 aliphatic rings. The SMILES string of the molecule is CCNC(=NCC(c1ccco1)N(CC)CC)NCCc1csc(C)n1. The predicted octanol–water partition coefficient (Wildman–Crippen LogP) is 3.23. The molecule has 0 fully saturated rings. The number of hydrogen-bond donors (Lipinski definition) is 2. The normalized spacial score (nSPS) is 13.2. The van der Waals surface area contributed by atoms with Gasteiger partial charge in [-0.2, -0.15) is 0 Å². The van der Waals surface area contributed by atoms with Crippen LogP contribution in [0.15, 0.2) is 33.2 Å². The van der Waals surface area contributed by atoms with Crippen LogP contribution in [0.1, 0.15) is 43.3 Å². The summed E-state index contributed by atoms with van der Waals surface area (Å²) in [5.41, 5.74) is 1.13. The van der Waals surface area contributed by atoms with Gasteiger partial charge < -0.3 is 15.1 Å². The van der Waals surface area contributed by atoms with E-state index < -0.39 is 0 Å². The number of nitrogens with one attached hydrogen (secondary N) is 2. The number of aliphatic imine (C=N–C) groups is 1. The smallest absolute Gasteiger partial charge is 0.191 e. The second-order valence-corrected chi connectivity index (χ2v) is 7.07. The molecule has 7 heteroatoms. The molecule has 0 spiro atoms. The Bertz CT molecular complexity index is 649. The molecule has 0 bridgehead atoms. The van der Waals surface area contributed by atoms with Crippen molar-refractivity contribution in [3.8, 4) is 0 Å². The lowest BCUT2D eigenvalue weighted by atomic mass is 10.2. The molecule has 6 nitrogen and oxygen atoms in total. The summed E-state index contributed by atoms with van der Waals surface area (Å²) in [4.78, 5) is 11.7. The topological polar surface area (TPSA) is 65.7 Å². The number of hydrogen-bond acceptors (Lipinski definition) is 5. The molecule has 0 amide bonds. The highest BCUT2D eigenvalue weighted by atomic mass is 32.1. The predicted molar refractivity (Wildman–Crippen MR) is 109 cm³/mol. The molecule has 0 aliphatic heterocycles. The first-order valence-electron chi connectivity index (χ1n) is 9.38. The van der Waals surface area contributed by atoms with Crippen molar-refractivity contribution >= 4 is 17.3 Å². The molecule has 2 rings (SSSR count). The van der Waals surface area contributed by atoms with Crippen molar-refractivity contribution in [2.45, 2.75) is 40.2 Å². The first kappa shape index (κ1) is 20.5. The van der Waals surface area contributed by atoms with Crippen LogP contribution in [0.5, 0.6) is 0 Å². The molecule has 2 aromatic heterocycles. The summed E-state index contributed by atoms with van der Waals surface area (Å²) in [5.74, 6) is 1.80. The van der Waals surface area contributed by atoms with E-state index in [0.717, 1.165) is 55.0 Å². The number of rotatable bonds is 10. The Morgan fingerprint density at radius 2 is 2.12 bits per heavy atom. The van der Waals surface area contributed by atoms with Crippen molar-refractivity contribution in [3.63, 3.8) is 0 Å². The highest BCUT2D eigenvalue weighted by molar-refractivity contribution is 7.09. The van der Waals surface area contributed by atoms with Gasteiger partial charge in [0.15, 0.2) is 5.96 Å². The van der Waals surface area contributed by atoms with Crippen molar-refractivity contribution < 1.29 is 4.42 Å². The van der Waals surface area contributed by atoms with Gasteiger partial charge in [0.05, 0.1) is 29.6 Å². The number of likely N-dealkylation sites (N-methyl/N-ethyl adjacent to an activating group) is 1. The first-order valence-corrected chi connectivity index (χ1v) is 10.3. The lowest BCUT2D eigenvalue weighted by molar-refractivity contribution is 0.198. The summed E-state index contributed by atoms with van der Waals surface area (Å²) in [5, 5.41) is 9.96. The molecule has 26 heavy (non-hydrogen) atoms. The van der Waals surface area contributed by atoms with Gasteiger partial charge in [0, 0.05) is 24.9 Å². The van der Waals surface area contributed by atoms with Crippen LogP contribution in [-0.4, -0.2) is 48.6 Å². The van der Waals surface area contributed by atoms with Gasteiger partial charge in [0.25, 0.3) is 0 Å². The van der Waals surface area contributed by atoms with Gasteiger partial charge in [-0.25, -0.2) is 4.98 Å². The van der Waals surface area contributed by atoms with Crippen molar-refractivity contribution in [2.24, 2.45) is 4.99 Å². The Morgan fingerprint density at radius 1 is 1.31 bits per heavy atom. The zero-order valence-corrected chi connectivity index (χ0v) is 17.1. The van der Waals surface area contributed by atoms with Crippen molar-refractivity contribution in [1.82, 2.24) is 20.5 Å². The molecule has 2 aromatic rings. The molecular weight excluding hydrogens is 346 g/mol. The average molecular weight is 378 g/mol. The van der Waals surface area contributed by atoms with Crippen molar-refractivity contribution in [3.05, 3.63) is 40.2 Å². The van der Waals surface area contributed by atoms with Crippen LogP contribution in [0.2, 0.25) is 0 Å². The van der Waals surface area contributed by atoms with Crippen LogP contribution in [0.25, 0.3) is 0 Å². The van der Waals surface area contributed by atoms with Crippen molar-refractivity contribution in [2.75, 3.05) is 32.7 Å². The van der Waals surface area contributed by atoms with E-state index in [4.69, 9.17) is 9.41 Å². The highest BCUT2D eigenvalue weighted by Crippen LogP contribution is 2.21. The Morgan fingerprint density at radius 3 is 2.69 bits per heavy atom. The summed E-state index contributed by atoms with van der Waals surface area (Å²) < 4.78 is 5.65. The quantitative estimate of drug-likeness (QED) is 0.492. The van der Waals surface area contributed by atoms with Crippen LogP contribution in [-0.2, 0) is 6.42 Å². The van der Waals surface area contributed by atoms with Gasteiger partial charge in [0.2, 0.25) is 0 Å². The minimum atomic E-state index is 0.150. The van der Waals surface area contributed by atoms with E-state index >= 15 is 0 Å². The van der Waals surface area contributed by atoms with Crippen LogP contribution >= 0.6 is 11.3 Å². The van der Waals surface area contributed by atoms with Crippen LogP contribution in [0, 0.1) is 6.92 Å². The second-order valence-electron chi connectivity index (χ2n) is 6.01. The molecule has 2 heterocycles. The van der Waals surface area contributed by atoms with E-state index in [2.05, 4.69) is 46.7 Å². The molecule has 0 aromatic carbocycles. The molecule has 0 saturated carbocycles. The van der Waals surface area contributed by atoms with Gasteiger partial charge in [-0.3, -0.25) is 9.89 Å². The number of aryl methyl sites for hydroxylation is 1. The molecule has 2 N–H and O–H groups in total. The Kier molecular flexibility index (Phi) is 8.64. The summed E-state index contributed by atoms with van der Waals surface area (Å²) in [6, 6.07) is 4.12. The third-order valence-corrected chi connectivity index (χ3v) is 5.05. The third-order valence-electron chi connectivity index (χ3n) is 4.23. The van der Waals surface area contributed by atoms with Gasteiger partial charge >= 0.3 is 0 Å². The van der Waals surface area contributed by atoms with Crippen molar-refractivity contribution in [1.29, 1.82) is 0 Å². The summed E-state index contributed by atoms with van der Waals surface area (Å²) in [6.45, 7) is 12.7. The summed E-state index contributed by atoms with van der Waals surface area (Å²) in [7, 11) is 0. The standard InChI is InChI=1S/C19H31N5OS/c1-5-20-19(21-11-10-16-14-26-15(4)23-16)22-13-17(24(6-2)7-3)18-9-8-12-25-18/h8-9,12,14,17H,5-7,10-11,13H2,1-4H3,(H2,20,21,22). The zero-order chi connectivity index (χ0) is 18.8. The maximum Gasteiger partial charge on any atom is 0.191 e. The maximum atomic E-state index is 5.65. The van der Waals surface area contributed by atoms with Gasteiger partial charge in [-0.1, -0.05) is 13.8 Å². The minimum absolute atomic E-state index is 0.150. The first-order chi connectivity index (χ1) is 12.7. The van der Waals surface area contributed by atoms with Gasteiger partial charge in [-0.15, -0.1) is 11.3 Å². The van der Waals surface area contributed by atoms with Crippen LogP contribution < -0.4 is 10.6 Å².